The maximum Gasteiger partial charge on any atom is 0.280 e. The van der Waals surface area contributed by atoms with Crippen LogP contribution >= 0.6 is 0 Å². The van der Waals surface area contributed by atoms with E-state index >= 15 is 0 Å². The summed E-state index contributed by atoms with van der Waals surface area (Å²) in [7, 11) is 0. The minimum atomic E-state index is -0.489. The van der Waals surface area contributed by atoms with Gasteiger partial charge in [0, 0.05) is 12.1 Å². The first-order valence-electron chi connectivity index (χ1n) is 11.6. The normalized spacial score (nSPS) is 14.8. The number of nitrogens with one attached hydrogen (secondary N) is 2. The average Bonchev–Trinajstić information content (AvgIpc) is 3.36. The summed E-state index contributed by atoms with van der Waals surface area (Å²) < 4.78 is 10.6. The van der Waals surface area contributed by atoms with Crippen LogP contribution in [-0.2, 0) is 0 Å². The van der Waals surface area contributed by atoms with E-state index in [1.54, 1.807) is 0 Å². The molecule has 182 valence electrons. The van der Waals surface area contributed by atoms with Crippen LogP contribution in [0.15, 0.2) is 30.8 Å². The fourth-order valence-corrected chi connectivity index (χ4v) is 3.90. The maximum absolute atomic E-state index is 11.6. The first-order valence-corrected chi connectivity index (χ1v) is 11.6. The van der Waals surface area contributed by atoms with E-state index in [4.69, 9.17) is 9.05 Å². The quantitative estimate of drug-likeness (QED) is 0.338. The molecule has 0 fully saturated rings. The van der Waals surface area contributed by atoms with Crippen LogP contribution in [0, 0.1) is 10.8 Å². The minimum absolute atomic E-state index is 0.221. The van der Waals surface area contributed by atoms with E-state index in [1.165, 1.54) is 12.1 Å². The highest BCUT2D eigenvalue weighted by Crippen LogP contribution is 2.39. The van der Waals surface area contributed by atoms with Crippen LogP contribution in [0.2, 0.25) is 0 Å². The van der Waals surface area contributed by atoms with Crippen LogP contribution in [0.1, 0.15) is 103 Å². The Kier molecular flexibility index (Phi) is 9.16. The molecule has 2 heterocycles. The van der Waals surface area contributed by atoms with E-state index in [9.17, 15) is 19.8 Å². The van der Waals surface area contributed by atoms with Crippen molar-refractivity contribution in [2.24, 2.45) is 10.8 Å². The number of aliphatic hydroxyl groups is 2. The Morgan fingerprint density at radius 3 is 1.62 bits per heavy atom. The lowest BCUT2D eigenvalue weighted by molar-refractivity contribution is 0.0861. The highest BCUT2D eigenvalue weighted by molar-refractivity contribution is 5.17. The summed E-state index contributed by atoms with van der Waals surface area (Å²) >= 11 is 0. The van der Waals surface area contributed by atoms with Gasteiger partial charge in [-0.15, -0.1) is 0 Å². The van der Waals surface area contributed by atoms with Gasteiger partial charge in [0.2, 0.25) is 0 Å². The van der Waals surface area contributed by atoms with E-state index in [0.29, 0.717) is 37.2 Å². The Bertz CT molecular complexity index is 871. The molecule has 0 amide bonds. The predicted octanol–water partition coefficient (Wildman–Crippen LogP) is 4.30. The third-order valence-corrected chi connectivity index (χ3v) is 6.63. The molecular formula is C24H40N2O6. The molecule has 8 heteroatoms. The van der Waals surface area contributed by atoms with Crippen LogP contribution < -0.4 is 11.1 Å². The largest absolute Gasteiger partial charge is 0.393 e. The summed E-state index contributed by atoms with van der Waals surface area (Å²) in [5, 5.41) is 25.3. The Morgan fingerprint density at radius 2 is 1.25 bits per heavy atom. The Morgan fingerprint density at radius 1 is 0.812 bits per heavy atom. The third kappa shape index (κ3) is 8.47. The maximum atomic E-state index is 11.6. The summed E-state index contributed by atoms with van der Waals surface area (Å²) in [6.07, 6.45) is 4.97. The molecule has 8 nitrogen and oxygen atoms in total. The van der Waals surface area contributed by atoms with Crippen LogP contribution in [-0.4, -0.2) is 32.7 Å². The molecule has 4 N–H and O–H groups in total. The van der Waals surface area contributed by atoms with Gasteiger partial charge in [-0.1, -0.05) is 41.0 Å². The van der Waals surface area contributed by atoms with Crippen molar-refractivity contribution in [2.75, 3.05) is 0 Å². The summed E-state index contributed by atoms with van der Waals surface area (Å²) in [6, 6.07) is 2.73. The summed E-state index contributed by atoms with van der Waals surface area (Å²) in [6.45, 7) is 10.7. The third-order valence-electron chi connectivity index (χ3n) is 6.63. The van der Waals surface area contributed by atoms with Gasteiger partial charge in [0.1, 0.15) is 11.5 Å². The molecule has 2 aromatic heterocycles. The summed E-state index contributed by atoms with van der Waals surface area (Å²) in [5.41, 5.74) is -0.688. The summed E-state index contributed by atoms with van der Waals surface area (Å²) in [4.78, 5) is 23.1. The molecule has 2 atom stereocenters. The first-order chi connectivity index (χ1) is 14.9. The molecule has 2 unspecified atom stereocenters. The second kappa shape index (κ2) is 11.2. The van der Waals surface area contributed by atoms with Gasteiger partial charge in [-0.2, -0.15) is 10.3 Å². The molecule has 0 aliphatic rings. The zero-order chi connectivity index (χ0) is 23.9. The molecule has 0 bridgehead atoms. The van der Waals surface area contributed by atoms with Gasteiger partial charge in [-0.25, -0.2) is 0 Å². The van der Waals surface area contributed by atoms with Crippen molar-refractivity contribution in [3.05, 3.63) is 44.4 Å². The minimum Gasteiger partial charge on any atom is -0.393 e. The molecule has 2 rings (SSSR count). The van der Waals surface area contributed by atoms with Crippen LogP contribution in [0.5, 0.6) is 0 Å². The SMILES string of the molecule is CCC(C)(C)CCC(O)CCC(O)CCC(C)(C)CC(c1cc(=O)[nH]o1)c1cc(=O)[nH]o1. The molecule has 0 saturated carbocycles. The van der Waals surface area contributed by atoms with Crippen molar-refractivity contribution in [1.29, 1.82) is 0 Å². The Hall–Kier alpha value is -2.06. The van der Waals surface area contributed by atoms with Crippen molar-refractivity contribution in [3.63, 3.8) is 0 Å². The molecule has 0 spiro atoms. The molecule has 32 heavy (non-hydrogen) atoms. The zero-order valence-electron chi connectivity index (χ0n) is 20.1. The molecule has 0 aliphatic carbocycles. The van der Waals surface area contributed by atoms with Crippen molar-refractivity contribution in [1.82, 2.24) is 10.3 Å². The molecule has 0 radical (unpaired) electrons. The Labute approximate surface area is 189 Å². The monoisotopic (exact) mass is 452 g/mol. The van der Waals surface area contributed by atoms with Gasteiger partial charge in [-0.3, -0.25) is 9.59 Å². The predicted molar refractivity (Wildman–Crippen MR) is 123 cm³/mol. The lowest BCUT2D eigenvalue weighted by atomic mass is 9.77. The average molecular weight is 453 g/mol. The second-order valence-corrected chi connectivity index (χ2v) is 10.6. The van der Waals surface area contributed by atoms with E-state index in [1.807, 2.05) is 0 Å². The number of rotatable bonds is 14. The van der Waals surface area contributed by atoms with Gasteiger partial charge < -0.3 is 19.3 Å². The number of aliphatic hydroxyl groups excluding tert-OH is 2. The van der Waals surface area contributed by atoms with Gasteiger partial charge >= 0.3 is 0 Å². The van der Waals surface area contributed by atoms with Crippen LogP contribution in [0.25, 0.3) is 0 Å². The number of H-pyrrole nitrogens is 2. The number of hydrogen-bond acceptors (Lipinski definition) is 6. The van der Waals surface area contributed by atoms with E-state index in [0.717, 1.165) is 25.7 Å². The van der Waals surface area contributed by atoms with Crippen molar-refractivity contribution >= 4 is 0 Å². The van der Waals surface area contributed by atoms with E-state index in [-0.39, 0.29) is 28.1 Å². The number of aromatic nitrogens is 2. The number of hydrogen-bond donors (Lipinski definition) is 4. The number of aromatic amines is 2. The summed E-state index contributed by atoms with van der Waals surface area (Å²) in [5.74, 6) is 0.415. The zero-order valence-corrected chi connectivity index (χ0v) is 20.1. The van der Waals surface area contributed by atoms with Crippen LogP contribution in [0.4, 0.5) is 0 Å². The standard InChI is InChI=1S/C24H40N2O6/c1-6-23(2,3)11-9-16(27)7-8-17(28)10-12-24(4,5)15-18(19-13-21(29)25-31-19)20-14-22(30)26-32-20/h13-14,16-18,27-28H,6-12,15H2,1-5H3,(H,25,29)(H,26,30). The van der Waals surface area contributed by atoms with E-state index in [2.05, 4.69) is 44.9 Å². The molecular weight excluding hydrogens is 412 g/mol. The second-order valence-electron chi connectivity index (χ2n) is 10.6. The first kappa shape index (κ1) is 26.2. The van der Waals surface area contributed by atoms with Crippen molar-refractivity contribution < 1.29 is 19.3 Å². The van der Waals surface area contributed by atoms with E-state index < -0.39 is 12.0 Å². The highest BCUT2D eigenvalue weighted by Gasteiger charge is 2.31. The van der Waals surface area contributed by atoms with Gasteiger partial charge in [0.15, 0.2) is 0 Å². The molecule has 0 aromatic carbocycles. The lowest BCUT2D eigenvalue weighted by Crippen LogP contribution is -2.21. The topological polar surface area (TPSA) is 132 Å². The van der Waals surface area contributed by atoms with Crippen molar-refractivity contribution in [2.45, 2.75) is 104 Å². The van der Waals surface area contributed by atoms with Gasteiger partial charge in [-0.05, 0) is 55.8 Å². The molecule has 0 aliphatic heterocycles. The Balaban J connectivity index is 1.88. The van der Waals surface area contributed by atoms with Crippen molar-refractivity contribution in [3.8, 4) is 0 Å². The lowest BCUT2D eigenvalue weighted by Gasteiger charge is -2.29. The van der Waals surface area contributed by atoms with Gasteiger partial charge in [0.25, 0.3) is 11.1 Å². The fourth-order valence-electron chi connectivity index (χ4n) is 3.90. The molecule has 2 aromatic rings. The fraction of sp³-hybridized carbons (Fsp3) is 0.750. The molecule has 0 saturated heterocycles. The smallest absolute Gasteiger partial charge is 0.280 e. The van der Waals surface area contributed by atoms with Crippen LogP contribution in [0.3, 0.4) is 0 Å². The highest BCUT2D eigenvalue weighted by atomic mass is 16.5. The van der Waals surface area contributed by atoms with Gasteiger partial charge in [0.05, 0.1) is 18.1 Å².